The molecule has 7 heteroatoms. The van der Waals surface area contributed by atoms with Crippen LogP contribution in [0, 0.1) is 11.3 Å². The highest BCUT2D eigenvalue weighted by Crippen LogP contribution is 2.38. The van der Waals surface area contributed by atoms with Gasteiger partial charge in [0, 0.05) is 48.6 Å². The molecule has 3 N–H and O–H groups in total. The second-order valence-corrected chi connectivity index (χ2v) is 11.5. The van der Waals surface area contributed by atoms with E-state index in [0.29, 0.717) is 36.0 Å². The van der Waals surface area contributed by atoms with Crippen molar-refractivity contribution in [3.63, 3.8) is 0 Å². The van der Waals surface area contributed by atoms with Crippen molar-refractivity contribution < 1.29 is 9.53 Å². The number of imidazole rings is 1. The van der Waals surface area contributed by atoms with Crippen LogP contribution in [0.2, 0.25) is 0 Å². The number of methoxy groups -OCH3 is 1. The van der Waals surface area contributed by atoms with Gasteiger partial charge < -0.3 is 20.4 Å². The summed E-state index contributed by atoms with van der Waals surface area (Å²) in [4.78, 5) is 19.6. The molecule has 1 heterocycles. The third-order valence-corrected chi connectivity index (χ3v) is 7.84. The van der Waals surface area contributed by atoms with E-state index < -0.39 is 0 Å². The summed E-state index contributed by atoms with van der Waals surface area (Å²) in [6.07, 6.45) is 4.51. The molecule has 0 radical (unpaired) electrons. The summed E-state index contributed by atoms with van der Waals surface area (Å²) in [7, 11) is 1.81. The molecule has 1 atom stereocenters. The Hall–Kier alpha value is -2.51. The van der Waals surface area contributed by atoms with Gasteiger partial charge in [0.15, 0.2) is 0 Å². The van der Waals surface area contributed by atoms with Gasteiger partial charge in [-0.3, -0.25) is 9.69 Å². The number of aromatic nitrogens is 2. The SMILES string of the molecule is COC1CCC(n2c(C(CN(CC(C)=O)C(C)C)C(C)C)nc3cc(/C(C(C)=N)=C(\C)N)ccc32)CC1. The highest BCUT2D eigenvalue weighted by atomic mass is 16.5. The predicted molar refractivity (Wildman–Crippen MR) is 153 cm³/mol. The van der Waals surface area contributed by atoms with Crippen molar-refractivity contribution in [1.29, 1.82) is 5.41 Å². The summed E-state index contributed by atoms with van der Waals surface area (Å²) in [5.74, 6) is 1.81. The Labute approximate surface area is 223 Å². The Morgan fingerprint density at radius 2 is 1.81 bits per heavy atom. The van der Waals surface area contributed by atoms with Gasteiger partial charge in [0.05, 0.1) is 23.7 Å². The first-order valence-electron chi connectivity index (χ1n) is 13.7. The average molecular weight is 510 g/mol. The maximum atomic E-state index is 12.1. The number of nitrogens with zero attached hydrogens (tertiary/aromatic N) is 3. The third kappa shape index (κ3) is 6.68. The lowest BCUT2D eigenvalue weighted by molar-refractivity contribution is -0.118. The summed E-state index contributed by atoms with van der Waals surface area (Å²) < 4.78 is 8.15. The summed E-state index contributed by atoms with van der Waals surface area (Å²) >= 11 is 0. The van der Waals surface area contributed by atoms with Gasteiger partial charge in [-0.05, 0) is 83.9 Å². The molecule has 0 aliphatic heterocycles. The van der Waals surface area contributed by atoms with Crippen LogP contribution in [0.5, 0.6) is 0 Å². The fourth-order valence-corrected chi connectivity index (χ4v) is 5.78. The van der Waals surface area contributed by atoms with Crippen LogP contribution in [0.25, 0.3) is 16.6 Å². The standard InChI is InChI=1S/C30H47N5O2/c1-18(2)26(17-34(19(3)4)16-20(5)36)30-33-27-15-23(29(21(6)31)22(7)32)9-14-28(27)35(30)24-10-12-25(37-8)13-11-24/h9,14-15,18-19,24-26,31H,10-13,16-17,32H2,1-8H3/b29-22+,31-21?. The molecule has 1 fully saturated rings. The number of ether oxygens (including phenoxy) is 1. The molecule has 1 saturated carbocycles. The Morgan fingerprint density at radius 1 is 1.16 bits per heavy atom. The first kappa shape index (κ1) is 29.1. The van der Waals surface area contributed by atoms with Crippen LogP contribution in [0.4, 0.5) is 0 Å². The topological polar surface area (TPSA) is 97.2 Å². The molecule has 204 valence electrons. The number of rotatable bonds is 11. The number of benzene rings is 1. The van der Waals surface area contributed by atoms with E-state index in [0.717, 1.165) is 60.2 Å². The number of nitrogens with one attached hydrogen (secondary N) is 1. The zero-order chi connectivity index (χ0) is 27.4. The Balaban J connectivity index is 2.17. The van der Waals surface area contributed by atoms with Crippen LogP contribution >= 0.6 is 0 Å². The molecule has 3 rings (SSSR count). The van der Waals surface area contributed by atoms with E-state index in [9.17, 15) is 4.79 Å². The quantitative estimate of drug-likeness (QED) is 0.366. The molecule has 0 bridgehead atoms. The minimum Gasteiger partial charge on any atom is -0.402 e. The van der Waals surface area contributed by atoms with E-state index in [1.165, 1.54) is 0 Å². The summed E-state index contributed by atoms with van der Waals surface area (Å²) in [5.41, 5.74) is 11.0. The average Bonchev–Trinajstić information content (AvgIpc) is 3.18. The van der Waals surface area contributed by atoms with Gasteiger partial charge in [0.25, 0.3) is 0 Å². The largest absolute Gasteiger partial charge is 0.402 e. The molecular formula is C30H47N5O2. The van der Waals surface area contributed by atoms with E-state index in [1.54, 1.807) is 13.8 Å². The lowest BCUT2D eigenvalue weighted by Crippen LogP contribution is -2.40. The fourth-order valence-electron chi connectivity index (χ4n) is 5.78. The van der Waals surface area contributed by atoms with Crippen LogP contribution in [-0.4, -0.2) is 58.3 Å². The van der Waals surface area contributed by atoms with Crippen molar-refractivity contribution in [2.45, 2.75) is 98.3 Å². The lowest BCUT2D eigenvalue weighted by atomic mass is 9.90. The second kappa shape index (κ2) is 12.4. The lowest BCUT2D eigenvalue weighted by Gasteiger charge is -2.34. The minimum absolute atomic E-state index is 0.175. The molecule has 1 aromatic carbocycles. The summed E-state index contributed by atoms with van der Waals surface area (Å²) in [5, 5.41) is 8.26. The number of carbonyl (C=O) groups is 1. The van der Waals surface area contributed by atoms with Crippen LogP contribution in [0.3, 0.4) is 0 Å². The van der Waals surface area contributed by atoms with Crippen molar-refractivity contribution in [3.8, 4) is 0 Å². The molecule has 7 nitrogen and oxygen atoms in total. The van der Waals surface area contributed by atoms with Crippen molar-refractivity contribution in [2.75, 3.05) is 20.2 Å². The van der Waals surface area contributed by atoms with E-state index in [4.69, 9.17) is 20.9 Å². The molecule has 2 aromatic rings. The Kier molecular flexibility index (Phi) is 9.70. The van der Waals surface area contributed by atoms with Gasteiger partial charge in [-0.2, -0.15) is 0 Å². The number of allylic oxidation sites excluding steroid dienone is 2. The molecule has 0 saturated heterocycles. The highest BCUT2D eigenvalue weighted by molar-refractivity contribution is 6.22. The van der Waals surface area contributed by atoms with Gasteiger partial charge >= 0.3 is 0 Å². The smallest absolute Gasteiger partial charge is 0.143 e. The molecule has 0 spiro atoms. The van der Waals surface area contributed by atoms with Gasteiger partial charge in [-0.15, -0.1) is 0 Å². The maximum Gasteiger partial charge on any atom is 0.143 e. The van der Waals surface area contributed by atoms with Crippen LogP contribution in [0.1, 0.15) is 97.5 Å². The second-order valence-electron chi connectivity index (χ2n) is 11.5. The maximum absolute atomic E-state index is 12.1. The normalized spacial score (nSPS) is 20.1. The molecule has 1 aliphatic carbocycles. The Bertz CT molecular complexity index is 1130. The number of nitrogens with two attached hydrogens (primary N) is 1. The van der Waals surface area contributed by atoms with Gasteiger partial charge in [0.1, 0.15) is 11.6 Å². The zero-order valence-electron chi connectivity index (χ0n) is 24.1. The summed E-state index contributed by atoms with van der Waals surface area (Å²) in [6.45, 7) is 15.3. The van der Waals surface area contributed by atoms with Crippen LogP contribution in [-0.2, 0) is 9.53 Å². The van der Waals surface area contributed by atoms with Crippen LogP contribution < -0.4 is 5.73 Å². The highest BCUT2D eigenvalue weighted by Gasteiger charge is 2.31. The molecule has 1 aromatic heterocycles. The van der Waals surface area contributed by atoms with Gasteiger partial charge in [-0.1, -0.05) is 19.9 Å². The fraction of sp³-hybridized carbons (Fsp3) is 0.633. The first-order valence-corrected chi connectivity index (χ1v) is 13.7. The monoisotopic (exact) mass is 509 g/mol. The summed E-state index contributed by atoms with van der Waals surface area (Å²) in [6, 6.07) is 6.95. The molecule has 1 unspecified atom stereocenters. The van der Waals surface area contributed by atoms with Crippen LogP contribution in [0.15, 0.2) is 23.9 Å². The van der Waals surface area contributed by atoms with E-state index >= 15 is 0 Å². The molecule has 0 amide bonds. The Morgan fingerprint density at radius 3 is 2.30 bits per heavy atom. The number of carbonyl (C=O) groups excluding carboxylic acids is 1. The molecular weight excluding hydrogens is 462 g/mol. The van der Waals surface area contributed by atoms with Crippen molar-refractivity contribution >= 4 is 28.1 Å². The number of hydrogen-bond acceptors (Lipinski definition) is 6. The number of hydrogen-bond donors (Lipinski definition) is 2. The van der Waals surface area contributed by atoms with E-state index in [-0.39, 0.29) is 17.7 Å². The van der Waals surface area contributed by atoms with E-state index in [1.807, 2.05) is 14.0 Å². The molecule has 37 heavy (non-hydrogen) atoms. The number of ketones is 1. The third-order valence-electron chi connectivity index (χ3n) is 7.84. The first-order chi connectivity index (χ1) is 17.4. The minimum atomic E-state index is 0.175. The van der Waals surface area contributed by atoms with Gasteiger partial charge in [0.2, 0.25) is 0 Å². The zero-order valence-corrected chi connectivity index (χ0v) is 24.1. The van der Waals surface area contributed by atoms with E-state index in [2.05, 4.69) is 55.4 Å². The number of fused-ring (bicyclic) bond motifs is 1. The number of Topliss-reactive ketones (excluding diaryl/α,β-unsaturated/α-hetero) is 1. The van der Waals surface area contributed by atoms with Gasteiger partial charge in [-0.25, -0.2) is 4.98 Å². The van der Waals surface area contributed by atoms with Crippen molar-refractivity contribution in [3.05, 3.63) is 35.3 Å². The molecule has 1 aliphatic rings. The predicted octanol–water partition coefficient (Wildman–Crippen LogP) is 5.93. The van der Waals surface area contributed by atoms with Crippen molar-refractivity contribution in [2.24, 2.45) is 11.7 Å². The van der Waals surface area contributed by atoms with Crippen molar-refractivity contribution in [1.82, 2.24) is 14.5 Å².